The van der Waals surface area contributed by atoms with Crippen molar-refractivity contribution < 1.29 is 4.52 Å². The molecule has 0 radical (unpaired) electrons. The Balaban J connectivity index is 1.73. The van der Waals surface area contributed by atoms with Gasteiger partial charge in [0.25, 0.3) is 5.89 Å². The molecule has 0 spiro atoms. The summed E-state index contributed by atoms with van der Waals surface area (Å²) in [6, 6.07) is 14.4. The van der Waals surface area contributed by atoms with E-state index in [9.17, 15) is 0 Å². The minimum Gasteiger partial charge on any atom is -0.334 e. The van der Waals surface area contributed by atoms with Crippen LogP contribution in [-0.4, -0.2) is 10.1 Å². The van der Waals surface area contributed by atoms with E-state index in [1.165, 1.54) is 11.1 Å². The highest BCUT2D eigenvalue weighted by Gasteiger charge is 2.15. The van der Waals surface area contributed by atoms with Crippen molar-refractivity contribution >= 4 is 0 Å². The van der Waals surface area contributed by atoms with E-state index in [0.717, 1.165) is 29.8 Å². The lowest BCUT2D eigenvalue weighted by Crippen LogP contribution is -1.99. The summed E-state index contributed by atoms with van der Waals surface area (Å²) < 4.78 is 5.43. The summed E-state index contributed by atoms with van der Waals surface area (Å²) >= 11 is 0. The SMILES string of the molecule is Cc1ccccc1-c1nc(-c2ccc3c(c2)CNC3)no1. The van der Waals surface area contributed by atoms with Crippen molar-refractivity contribution in [2.24, 2.45) is 0 Å². The Morgan fingerprint density at radius 3 is 2.81 bits per heavy atom. The van der Waals surface area contributed by atoms with Gasteiger partial charge in [0.2, 0.25) is 5.82 Å². The van der Waals surface area contributed by atoms with Gasteiger partial charge in [-0.25, -0.2) is 0 Å². The molecule has 104 valence electrons. The Hall–Kier alpha value is -2.46. The van der Waals surface area contributed by atoms with Crippen LogP contribution in [0.15, 0.2) is 47.0 Å². The largest absolute Gasteiger partial charge is 0.334 e. The van der Waals surface area contributed by atoms with Crippen LogP contribution >= 0.6 is 0 Å². The lowest BCUT2D eigenvalue weighted by Gasteiger charge is -2.00. The van der Waals surface area contributed by atoms with Crippen molar-refractivity contribution in [3.05, 3.63) is 59.2 Å². The van der Waals surface area contributed by atoms with Gasteiger partial charge in [-0.05, 0) is 35.7 Å². The molecule has 21 heavy (non-hydrogen) atoms. The van der Waals surface area contributed by atoms with E-state index in [4.69, 9.17) is 4.52 Å². The van der Waals surface area contributed by atoms with Gasteiger partial charge in [0.05, 0.1) is 0 Å². The van der Waals surface area contributed by atoms with Crippen LogP contribution in [-0.2, 0) is 13.1 Å². The van der Waals surface area contributed by atoms with E-state index >= 15 is 0 Å². The van der Waals surface area contributed by atoms with E-state index in [1.54, 1.807) is 0 Å². The smallest absolute Gasteiger partial charge is 0.258 e. The maximum atomic E-state index is 5.43. The standard InChI is InChI=1S/C17H15N3O/c1-11-4-2-3-5-15(11)17-19-16(20-21-17)12-6-7-13-9-18-10-14(13)8-12/h2-8,18H,9-10H2,1H3. The van der Waals surface area contributed by atoms with Crippen LogP contribution in [0.4, 0.5) is 0 Å². The van der Waals surface area contributed by atoms with E-state index in [1.807, 2.05) is 31.2 Å². The summed E-state index contributed by atoms with van der Waals surface area (Å²) in [4.78, 5) is 4.54. The molecule has 0 saturated carbocycles. The number of hydrogen-bond acceptors (Lipinski definition) is 4. The molecule has 4 nitrogen and oxygen atoms in total. The Labute approximate surface area is 122 Å². The van der Waals surface area contributed by atoms with Crippen molar-refractivity contribution in [1.82, 2.24) is 15.5 Å². The molecule has 0 aliphatic carbocycles. The molecular weight excluding hydrogens is 262 g/mol. The molecular formula is C17H15N3O. The van der Waals surface area contributed by atoms with Crippen molar-refractivity contribution in [3.8, 4) is 22.8 Å². The van der Waals surface area contributed by atoms with Gasteiger partial charge in [-0.1, -0.05) is 35.5 Å². The quantitative estimate of drug-likeness (QED) is 0.780. The second-order valence-electron chi connectivity index (χ2n) is 5.33. The summed E-state index contributed by atoms with van der Waals surface area (Å²) in [5.74, 6) is 1.21. The first-order valence-electron chi connectivity index (χ1n) is 7.04. The number of nitrogens with zero attached hydrogens (tertiary/aromatic N) is 2. The molecule has 0 amide bonds. The molecule has 0 fully saturated rings. The van der Waals surface area contributed by atoms with Gasteiger partial charge >= 0.3 is 0 Å². The van der Waals surface area contributed by atoms with E-state index in [2.05, 4.69) is 33.7 Å². The first-order valence-corrected chi connectivity index (χ1v) is 7.04. The van der Waals surface area contributed by atoms with Crippen LogP contribution in [0.25, 0.3) is 22.8 Å². The summed E-state index contributed by atoms with van der Waals surface area (Å²) in [7, 11) is 0. The van der Waals surface area contributed by atoms with Crippen LogP contribution < -0.4 is 5.32 Å². The number of benzene rings is 2. The summed E-state index contributed by atoms with van der Waals surface area (Å²) in [5, 5.41) is 7.46. The van der Waals surface area contributed by atoms with Crippen LogP contribution in [0.2, 0.25) is 0 Å². The van der Waals surface area contributed by atoms with Gasteiger partial charge in [0, 0.05) is 24.2 Å². The third kappa shape index (κ3) is 2.14. The van der Waals surface area contributed by atoms with Crippen LogP contribution in [0, 0.1) is 6.92 Å². The maximum absolute atomic E-state index is 5.43. The number of rotatable bonds is 2. The fraction of sp³-hybridized carbons (Fsp3) is 0.176. The Bertz CT molecular complexity index is 807. The lowest BCUT2D eigenvalue weighted by atomic mass is 10.1. The minimum absolute atomic E-state index is 0.571. The lowest BCUT2D eigenvalue weighted by molar-refractivity contribution is 0.432. The maximum Gasteiger partial charge on any atom is 0.258 e. The monoisotopic (exact) mass is 277 g/mol. The van der Waals surface area contributed by atoms with Gasteiger partial charge in [0.15, 0.2) is 0 Å². The first-order chi connectivity index (χ1) is 10.3. The predicted octanol–water partition coefficient (Wildman–Crippen LogP) is 3.32. The molecule has 1 aliphatic heterocycles. The molecule has 0 unspecified atom stereocenters. The number of aromatic nitrogens is 2. The first kappa shape index (κ1) is 12.3. The molecule has 1 aromatic heterocycles. The van der Waals surface area contributed by atoms with Gasteiger partial charge < -0.3 is 9.84 Å². The second kappa shape index (κ2) is 4.82. The second-order valence-corrected chi connectivity index (χ2v) is 5.33. The molecule has 1 N–H and O–H groups in total. The fourth-order valence-corrected chi connectivity index (χ4v) is 2.70. The third-order valence-electron chi connectivity index (χ3n) is 3.90. The number of aryl methyl sites for hydroxylation is 1. The Morgan fingerprint density at radius 1 is 1.05 bits per heavy atom. The van der Waals surface area contributed by atoms with Crippen molar-refractivity contribution in [3.63, 3.8) is 0 Å². The summed E-state index contributed by atoms with van der Waals surface area (Å²) in [5.41, 5.74) is 5.78. The molecule has 2 heterocycles. The number of hydrogen-bond donors (Lipinski definition) is 1. The topological polar surface area (TPSA) is 51.0 Å². The Kier molecular flexibility index (Phi) is 2.82. The van der Waals surface area contributed by atoms with E-state index in [0.29, 0.717) is 11.7 Å². The number of fused-ring (bicyclic) bond motifs is 1. The van der Waals surface area contributed by atoms with Gasteiger partial charge in [0.1, 0.15) is 0 Å². The zero-order valence-corrected chi connectivity index (χ0v) is 11.8. The molecule has 4 rings (SSSR count). The minimum atomic E-state index is 0.571. The van der Waals surface area contributed by atoms with Gasteiger partial charge in [-0.3, -0.25) is 0 Å². The molecule has 0 bridgehead atoms. The van der Waals surface area contributed by atoms with Crippen molar-refractivity contribution in [1.29, 1.82) is 0 Å². The molecule has 0 saturated heterocycles. The van der Waals surface area contributed by atoms with Gasteiger partial charge in [-0.15, -0.1) is 0 Å². The zero-order chi connectivity index (χ0) is 14.2. The van der Waals surface area contributed by atoms with Crippen molar-refractivity contribution in [2.75, 3.05) is 0 Å². The molecule has 3 aromatic rings. The predicted molar refractivity (Wildman–Crippen MR) is 80.5 cm³/mol. The van der Waals surface area contributed by atoms with E-state index < -0.39 is 0 Å². The van der Waals surface area contributed by atoms with Crippen molar-refractivity contribution in [2.45, 2.75) is 20.0 Å². The van der Waals surface area contributed by atoms with Crippen LogP contribution in [0.5, 0.6) is 0 Å². The fourth-order valence-electron chi connectivity index (χ4n) is 2.70. The molecule has 4 heteroatoms. The van der Waals surface area contributed by atoms with Gasteiger partial charge in [-0.2, -0.15) is 4.98 Å². The average molecular weight is 277 g/mol. The summed E-state index contributed by atoms with van der Waals surface area (Å²) in [6.07, 6.45) is 0. The third-order valence-corrected chi connectivity index (χ3v) is 3.90. The van der Waals surface area contributed by atoms with E-state index in [-0.39, 0.29) is 0 Å². The average Bonchev–Trinajstić information content (AvgIpc) is 3.16. The summed E-state index contributed by atoms with van der Waals surface area (Å²) in [6.45, 7) is 3.89. The highest BCUT2D eigenvalue weighted by atomic mass is 16.5. The highest BCUT2D eigenvalue weighted by Crippen LogP contribution is 2.26. The normalized spacial score (nSPS) is 13.4. The molecule has 0 atom stereocenters. The highest BCUT2D eigenvalue weighted by molar-refractivity contribution is 5.63. The number of nitrogens with one attached hydrogen (secondary N) is 1. The van der Waals surface area contributed by atoms with Crippen LogP contribution in [0.3, 0.4) is 0 Å². The Morgan fingerprint density at radius 2 is 1.90 bits per heavy atom. The molecule has 2 aromatic carbocycles. The zero-order valence-electron chi connectivity index (χ0n) is 11.8. The molecule has 1 aliphatic rings. The van der Waals surface area contributed by atoms with Crippen LogP contribution in [0.1, 0.15) is 16.7 Å².